The Balaban J connectivity index is 0.00000199. The summed E-state index contributed by atoms with van der Waals surface area (Å²) in [4.78, 5) is 0. The SMILES string of the molecule is Cc1cc2c([c-]1CCC[c-]1c(C)cc3c1C=CC=CC3c1ccc3cc(O[Si](C)(C)C(C)(C)C)ccc3c1)C=CC=CC2c1ccc2cc(O[Si](C)(C)C(C)(C)C)ccc2c1.[Cl][Zr+2][Cl]. The molecular weight excluding hydrogens is 935 g/mol. The number of hydrogen-bond acceptors (Lipinski definition) is 2. The van der Waals surface area contributed by atoms with E-state index in [1.165, 1.54) is 77.2 Å². The van der Waals surface area contributed by atoms with Crippen LogP contribution in [0.1, 0.15) is 115 Å². The number of rotatable bonds is 10. The van der Waals surface area contributed by atoms with E-state index in [-0.39, 0.29) is 21.9 Å². The van der Waals surface area contributed by atoms with Gasteiger partial charge in [-0.05, 0) is 105 Å². The van der Waals surface area contributed by atoms with Crippen molar-refractivity contribution in [2.45, 2.75) is 123 Å². The Bertz CT molecular complexity index is 2580. The van der Waals surface area contributed by atoms with Gasteiger partial charge in [0.25, 0.3) is 0 Å². The number of fused-ring (bicyclic) bond motifs is 4. The number of hydrogen-bond donors (Lipinski definition) is 0. The van der Waals surface area contributed by atoms with Crippen molar-refractivity contribution in [3.8, 4) is 11.5 Å². The second kappa shape index (κ2) is 19.4. The van der Waals surface area contributed by atoms with E-state index in [0.29, 0.717) is 0 Å². The molecule has 8 rings (SSSR count). The summed E-state index contributed by atoms with van der Waals surface area (Å²) in [6.45, 7) is 27.7. The van der Waals surface area contributed by atoms with Gasteiger partial charge >= 0.3 is 37.9 Å². The molecule has 0 radical (unpaired) electrons. The summed E-state index contributed by atoms with van der Waals surface area (Å²) < 4.78 is 13.3. The standard InChI is InChI=1S/C57H66O2Si2.2ClH.Zr/c1-38-32-54-50(44-26-24-42-36-46(30-28-40(42)34-44)58-60(9,10)56(3,4)5)18-13-15-20-52(54)48(38)22-17-23-49-39(2)33-55-51(19-14-16-21-53(49)55)45-27-25-43-37-47(31-29-41(43)35-45)59-61(11,12)57(6,7)8;;;/h13-16,18-21,24-37,50-51H,17,22-23H2,1-12H3;2*1H;/q-2;;;+4/p-2. The van der Waals surface area contributed by atoms with Crippen molar-refractivity contribution >= 4 is 67.4 Å². The molecule has 0 spiro atoms. The molecule has 2 aliphatic carbocycles. The first-order valence-electron chi connectivity index (χ1n) is 22.9. The zero-order valence-corrected chi connectivity index (χ0v) is 46.0. The molecule has 332 valence electrons. The number of aryl methyl sites for hydroxylation is 2. The van der Waals surface area contributed by atoms with Crippen LogP contribution >= 0.6 is 17.0 Å². The van der Waals surface area contributed by atoms with Crippen LogP contribution in [-0.4, -0.2) is 16.6 Å². The third-order valence-corrected chi connectivity index (χ3v) is 23.3. The number of halogens is 2. The molecule has 0 aromatic heterocycles. The van der Waals surface area contributed by atoms with E-state index >= 15 is 0 Å². The van der Waals surface area contributed by atoms with Crippen molar-refractivity contribution in [1.29, 1.82) is 0 Å². The predicted molar refractivity (Wildman–Crippen MR) is 281 cm³/mol. The van der Waals surface area contributed by atoms with Gasteiger partial charge in [0, 0.05) is 0 Å². The van der Waals surface area contributed by atoms with Gasteiger partial charge in [0.15, 0.2) is 0 Å². The maximum absolute atomic E-state index is 6.66. The van der Waals surface area contributed by atoms with E-state index in [0.717, 1.165) is 30.8 Å². The van der Waals surface area contributed by atoms with Gasteiger partial charge in [0.2, 0.25) is 16.6 Å². The van der Waals surface area contributed by atoms with Gasteiger partial charge in [-0.15, -0.1) is 57.7 Å². The van der Waals surface area contributed by atoms with Crippen LogP contribution in [0, 0.1) is 13.8 Å². The quantitative estimate of drug-likeness (QED) is 0.101. The minimum absolute atomic E-state index is 0.159. The molecular formula is C57H66Cl2O2Si2Zr. The summed E-state index contributed by atoms with van der Waals surface area (Å²) in [5, 5.41) is 5.29. The Morgan fingerprint density at radius 1 is 0.531 bits per heavy atom. The van der Waals surface area contributed by atoms with Crippen LogP contribution in [0.4, 0.5) is 0 Å². The predicted octanol–water partition coefficient (Wildman–Crippen LogP) is 17.8. The zero-order chi connectivity index (χ0) is 46.2. The molecule has 0 bridgehead atoms. The summed E-state index contributed by atoms with van der Waals surface area (Å²) >= 11 is -0.826. The molecule has 0 saturated heterocycles. The molecule has 2 nitrogen and oxygen atoms in total. The average Bonchev–Trinajstić information content (AvgIpc) is 3.48. The molecule has 0 amide bonds. The van der Waals surface area contributed by atoms with E-state index in [2.05, 4.69) is 215 Å². The van der Waals surface area contributed by atoms with Crippen molar-refractivity contribution in [2.75, 3.05) is 0 Å². The molecule has 2 unspecified atom stereocenters. The van der Waals surface area contributed by atoms with Gasteiger partial charge in [0.05, 0.1) is 0 Å². The van der Waals surface area contributed by atoms with Gasteiger partial charge in [-0.1, -0.05) is 147 Å². The fraction of sp³-hybridized carbons (Fsp3) is 0.333. The fourth-order valence-electron chi connectivity index (χ4n) is 8.92. The first-order valence-corrected chi connectivity index (χ1v) is 35.1. The topological polar surface area (TPSA) is 18.5 Å². The fourth-order valence-corrected chi connectivity index (χ4v) is 11.0. The molecule has 2 atom stereocenters. The normalized spacial score (nSPS) is 16.2. The van der Waals surface area contributed by atoms with E-state index in [4.69, 9.17) is 25.9 Å². The maximum atomic E-state index is 6.66. The van der Waals surface area contributed by atoms with Gasteiger partial charge in [-0.3, -0.25) is 0 Å². The van der Waals surface area contributed by atoms with Crippen molar-refractivity contribution in [3.05, 3.63) is 177 Å². The average molecular weight is 1000 g/mol. The monoisotopic (exact) mass is 998 g/mol. The van der Waals surface area contributed by atoms with Crippen LogP contribution in [0.5, 0.6) is 11.5 Å². The van der Waals surface area contributed by atoms with E-state index < -0.39 is 37.5 Å². The second-order valence-corrected chi connectivity index (χ2v) is 34.2. The molecule has 0 saturated carbocycles. The molecule has 2 aliphatic rings. The van der Waals surface area contributed by atoms with Crippen LogP contribution in [0.15, 0.2) is 121 Å². The van der Waals surface area contributed by atoms with Crippen LogP contribution in [0.25, 0.3) is 33.7 Å². The Morgan fingerprint density at radius 3 is 1.27 bits per heavy atom. The summed E-state index contributed by atoms with van der Waals surface area (Å²) in [7, 11) is 6.04. The Labute approximate surface area is 405 Å². The third-order valence-electron chi connectivity index (χ3n) is 14.6. The van der Waals surface area contributed by atoms with Crippen LogP contribution in [0.2, 0.25) is 36.3 Å². The molecule has 0 aliphatic heterocycles. The van der Waals surface area contributed by atoms with E-state index in [1.54, 1.807) is 0 Å². The van der Waals surface area contributed by atoms with Crippen LogP contribution in [0.3, 0.4) is 0 Å². The van der Waals surface area contributed by atoms with Crippen LogP contribution in [-0.2, 0) is 33.7 Å². The zero-order valence-electron chi connectivity index (χ0n) is 40.1. The van der Waals surface area contributed by atoms with Crippen molar-refractivity contribution in [3.63, 3.8) is 0 Å². The van der Waals surface area contributed by atoms with Gasteiger partial charge < -0.3 is 8.85 Å². The summed E-state index contributed by atoms with van der Waals surface area (Å²) in [6.07, 6.45) is 21.6. The van der Waals surface area contributed by atoms with Gasteiger partial charge in [0.1, 0.15) is 11.5 Å². The minimum atomic E-state index is -1.91. The molecule has 6 aromatic carbocycles. The molecule has 64 heavy (non-hydrogen) atoms. The summed E-state index contributed by atoms with van der Waals surface area (Å²) in [5.41, 5.74) is 14.1. The summed E-state index contributed by atoms with van der Waals surface area (Å²) in [5.74, 6) is 2.38. The second-order valence-electron chi connectivity index (χ2n) is 21.0. The van der Waals surface area contributed by atoms with Gasteiger partial charge in [-0.25, -0.2) is 0 Å². The first kappa shape index (κ1) is 48.5. The Morgan fingerprint density at radius 2 is 0.891 bits per heavy atom. The molecule has 0 fully saturated rings. The first-order chi connectivity index (χ1) is 30.2. The Hall–Kier alpha value is -3.44. The van der Waals surface area contributed by atoms with Gasteiger partial charge in [-0.2, -0.15) is 23.3 Å². The van der Waals surface area contributed by atoms with Crippen molar-refractivity contribution in [1.82, 2.24) is 0 Å². The third kappa shape index (κ3) is 10.4. The van der Waals surface area contributed by atoms with Crippen molar-refractivity contribution in [2.24, 2.45) is 0 Å². The molecule has 7 heteroatoms. The molecule has 6 aromatic rings. The van der Waals surface area contributed by atoms with E-state index in [1.807, 2.05) is 0 Å². The molecule has 0 N–H and O–H groups in total. The number of allylic oxidation sites excluding steroid dienone is 6. The Kier molecular flexibility index (Phi) is 14.7. The van der Waals surface area contributed by atoms with Crippen molar-refractivity contribution < 1.29 is 29.7 Å². The van der Waals surface area contributed by atoms with E-state index in [9.17, 15) is 0 Å². The summed E-state index contributed by atoms with van der Waals surface area (Å²) in [6, 6.07) is 32.2. The van der Waals surface area contributed by atoms with Crippen LogP contribution < -0.4 is 8.85 Å². The number of benzene rings is 4. The molecule has 0 heterocycles.